The third-order valence-electron chi connectivity index (χ3n) is 1.75. The maximum absolute atomic E-state index is 7.21. The van der Waals surface area contributed by atoms with Gasteiger partial charge < -0.3 is 10.7 Å². The molecule has 1 rings (SSSR count). The predicted octanol–water partition coefficient (Wildman–Crippen LogP) is 2.03. The predicted molar refractivity (Wildman–Crippen MR) is 59.6 cm³/mol. The van der Waals surface area contributed by atoms with Crippen LogP contribution >= 0.6 is 11.6 Å². The van der Waals surface area contributed by atoms with Crippen molar-refractivity contribution >= 4 is 23.4 Å². The summed E-state index contributed by atoms with van der Waals surface area (Å²) in [5.74, 6) is 0.413. The summed E-state index contributed by atoms with van der Waals surface area (Å²) in [6.45, 7) is 0. The highest BCUT2D eigenvalue weighted by atomic mass is 35.5. The Bertz CT molecular complexity index is 330. The lowest BCUT2D eigenvalue weighted by atomic mass is 10.1. The van der Waals surface area contributed by atoms with Crippen LogP contribution in [0.3, 0.4) is 0 Å². The smallest absolute Gasteiger partial charge is 0.0647 e. The van der Waals surface area contributed by atoms with Gasteiger partial charge in [0.2, 0.25) is 0 Å². The van der Waals surface area contributed by atoms with Crippen LogP contribution in [0.25, 0.3) is 5.57 Å². The van der Waals surface area contributed by atoms with E-state index < -0.39 is 0 Å². The molecule has 0 aliphatic carbocycles. The van der Waals surface area contributed by atoms with E-state index in [9.17, 15) is 0 Å². The Labute approximate surface area is 88.3 Å². The molecule has 1 aromatic heterocycles. The maximum Gasteiger partial charge on any atom is 0.0647 e. The van der Waals surface area contributed by atoms with Gasteiger partial charge in [-0.05, 0) is 6.07 Å². The molecule has 74 valence electrons. The summed E-state index contributed by atoms with van der Waals surface area (Å²) in [4.78, 5) is 4.14. The van der Waals surface area contributed by atoms with Crippen molar-refractivity contribution in [2.75, 3.05) is 7.05 Å². The molecule has 4 heteroatoms. The molecule has 0 radical (unpaired) electrons. The first-order valence-electron chi connectivity index (χ1n) is 4.21. The van der Waals surface area contributed by atoms with Crippen molar-refractivity contribution in [3.63, 3.8) is 0 Å². The number of aromatic nitrogens is 1. The third-order valence-corrected chi connectivity index (χ3v) is 2.02. The van der Waals surface area contributed by atoms with Crippen molar-refractivity contribution < 1.29 is 0 Å². The minimum Gasteiger partial charge on any atom is -0.393 e. The molecular formula is C10H12ClN3. The molecule has 0 aliphatic heterocycles. The Morgan fingerprint density at radius 1 is 1.64 bits per heavy atom. The van der Waals surface area contributed by atoms with Crippen LogP contribution in [-0.4, -0.2) is 18.2 Å². The van der Waals surface area contributed by atoms with Gasteiger partial charge in [-0.3, -0.25) is 4.98 Å². The number of pyridine rings is 1. The summed E-state index contributed by atoms with van der Waals surface area (Å²) < 4.78 is 0. The summed E-state index contributed by atoms with van der Waals surface area (Å²) >= 11 is 5.62. The van der Waals surface area contributed by atoms with Gasteiger partial charge in [0.1, 0.15) is 0 Å². The number of hydrogen-bond donors (Lipinski definition) is 2. The second kappa shape index (κ2) is 5.40. The highest BCUT2D eigenvalue weighted by Crippen LogP contribution is 2.11. The molecule has 0 saturated carbocycles. The molecule has 1 heterocycles. The molecule has 2 N–H and O–H groups in total. The zero-order chi connectivity index (χ0) is 10.4. The van der Waals surface area contributed by atoms with E-state index in [1.54, 1.807) is 19.4 Å². The number of hydrogen-bond acceptors (Lipinski definition) is 3. The number of nitrogens with zero attached hydrogens (tertiary/aromatic N) is 1. The molecule has 14 heavy (non-hydrogen) atoms. The van der Waals surface area contributed by atoms with E-state index in [1.807, 2.05) is 12.1 Å². The van der Waals surface area contributed by atoms with Gasteiger partial charge in [0.15, 0.2) is 0 Å². The summed E-state index contributed by atoms with van der Waals surface area (Å²) in [5.41, 5.74) is 2.54. The highest BCUT2D eigenvalue weighted by Gasteiger charge is 1.98. The lowest BCUT2D eigenvalue weighted by molar-refractivity contribution is 1.10. The monoisotopic (exact) mass is 209 g/mol. The van der Waals surface area contributed by atoms with Crippen LogP contribution in [-0.2, 0) is 5.88 Å². The topological polar surface area (TPSA) is 48.8 Å². The van der Waals surface area contributed by atoms with Crippen LogP contribution in [0.15, 0.2) is 24.5 Å². The minimum absolute atomic E-state index is 0.413. The van der Waals surface area contributed by atoms with Crippen molar-refractivity contribution in [1.82, 2.24) is 10.3 Å². The van der Waals surface area contributed by atoms with E-state index in [1.165, 1.54) is 6.21 Å². The van der Waals surface area contributed by atoms with Gasteiger partial charge >= 0.3 is 0 Å². The summed E-state index contributed by atoms with van der Waals surface area (Å²) in [6, 6.07) is 3.76. The van der Waals surface area contributed by atoms with E-state index in [0.717, 1.165) is 16.8 Å². The quantitative estimate of drug-likeness (QED) is 0.589. The molecule has 0 amide bonds. The Kier molecular flexibility index (Phi) is 4.13. The molecule has 0 spiro atoms. The van der Waals surface area contributed by atoms with Crippen LogP contribution in [0, 0.1) is 5.41 Å². The van der Waals surface area contributed by atoms with Gasteiger partial charge in [-0.1, -0.05) is 6.07 Å². The van der Waals surface area contributed by atoms with Gasteiger partial charge in [-0.25, -0.2) is 0 Å². The standard InChI is InChI=1S/C10H12ClN3/c1-13-6-9(5-12)8-2-3-10(4-11)14-7-8/h2-3,5-7,12-13H,4H2,1H3/b9-6+,12-5?. The van der Waals surface area contributed by atoms with E-state index in [0.29, 0.717) is 5.88 Å². The number of allylic oxidation sites excluding steroid dienone is 1. The Hall–Kier alpha value is -1.35. The molecule has 0 saturated heterocycles. The second-order valence-corrected chi connectivity index (χ2v) is 2.97. The van der Waals surface area contributed by atoms with Gasteiger partial charge in [0.25, 0.3) is 0 Å². The minimum atomic E-state index is 0.413. The summed E-state index contributed by atoms with van der Waals surface area (Å²) in [7, 11) is 1.80. The number of alkyl halides is 1. The van der Waals surface area contributed by atoms with Crippen molar-refractivity contribution in [2.24, 2.45) is 0 Å². The van der Waals surface area contributed by atoms with Crippen LogP contribution in [0.1, 0.15) is 11.3 Å². The average Bonchev–Trinajstić information content (AvgIpc) is 2.26. The van der Waals surface area contributed by atoms with Crippen molar-refractivity contribution in [3.8, 4) is 0 Å². The third kappa shape index (κ3) is 2.57. The lowest BCUT2D eigenvalue weighted by Gasteiger charge is -2.01. The fraction of sp³-hybridized carbons (Fsp3) is 0.200. The lowest BCUT2D eigenvalue weighted by Crippen LogP contribution is -1.98. The molecule has 0 fully saturated rings. The Morgan fingerprint density at radius 3 is 2.86 bits per heavy atom. The van der Waals surface area contributed by atoms with E-state index in [-0.39, 0.29) is 0 Å². The number of nitrogens with one attached hydrogen (secondary N) is 2. The largest absolute Gasteiger partial charge is 0.393 e. The molecule has 3 nitrogen and oxygen atoms in total. The molecule has 0 bridgehead atoms. The second-order valence-electron chi connectivity index (χ2n) is 2.70. The van der Waals surface area contributed by atoms with Crippen molar-refractivity contribution in [1.29, 1.82) is 5.41 Å². The van der Waals surface area contributed by atoms with Crippen LogP contribution in [0.2, 0.25) is 0 Å². The average molecular weight is 210 g/mol. The van der Waals surface area contributed by atoms with Crippen LogP contribution in [0.4, 0.5) is 0 Å². The summed E-state index contributed by atoms with van der Waals surface area (Å²) in [5, 5.41) is 10.1. The van der Waals surface area contributed by atoms with Gasteiger partial charge in [-0.2, -0.15) is 0 Å². The SMILES string of the molecule is CN/C=C(\C=N)c1ccc(CCl)nc1. The van der Waals surface area contributed by atoms with Gasteiger partial charge in [0.05, 0.1) is 11.6 Å². The molecule has 0 aliphatic rings. The van der Waals surface area contributed by atoms with Crippen LogP contribution in [0.5, 0.6) is 0 Å². The molecular weight excluding hydrogens is 198 g/mol. The van der Waals surface area contributed by atoms with Crippen molar-refractivity contribution in [3.05, 3.63) is 35.8 Å². The highest BCUT2D eigenvalue weighted by molar-refractivity contribution is 6.16. The number of rotatable bonds is 4. The summed E-state index contributed by atoms with van der Waals surface area (Å²) in [6.07, 6.45) is 4.75. The fourth-order valence-corrected chi connectivity index (χ4v) is 1.20. The van der Waals surface area contributed by atoms with Gasteiger partial charge in [-0.15, -0.1) is 11.6 Å². The molecule has 1 aromatic rings. The molecule has 0 unspecified atom stereocenters. The molecule has 0 atom stereocenters. The first kappa shape index (κ1) is 10.7. The first-order valence-corrected chi connectivity index (χ1v) is 4.74. The first-order chi connectivity index (χ1) is 6.81. The maximum atomic E-state index is 7.21. The fourth-order valence-electron chi connectivity index (χ4n) is 1.04. The van der Waals surface area contributed by atoms with Gasteiger partial charge in [0, 0.05) is 36.8 Å². The molecule has 0 aromatic carbocycles. The number of halogens is 1. The normalized spacial score (nSPS) is 11.1. The van der Waals surface area contributed by atoms with E-state index in [4.69, 9.17) is 17.0 Å². The Balaban J connectivity index is 2.95. The van der Waals surface area contributed by atoms with Crippen LogP contribution < -0.4 is 5.32 Å². The Morgan fingerprint density at radius 2 is 2.43 bits per heavy atom. The van der Waals surface area contributed by atoms with E-state index >= 15 is 0 Å². The van der Waals surface area contributed by atoms with E-state index in [2.05, 4.69) is 10.3 Å². The zero-order valence-electron chi connectivity index (χ0n) is 7.92. The zero-order valence-corrected chi connectivity index (χ0v) is 8.67. The van der Waals surface area contributed by atoms with Crippen molar-refractivity contribution in [2.45, 2.75) is 5.88 Å².